The molecule has 1 aliphatic heterocycles. The quantitative estimate of drug-likeness (QED) is 0.122. The maximum atomic E-state index is 13.4. The van der Waals surface area contributed by atoms with E-state index in [2.05, 4.69) is 44.8 Å². The van der Waals surface area contributed by atoms with Crippen molar-refractivity contribution >= 4 is 29.4 Å². The van der Waals surface area contributed by atoms with Crippen molar-refractivity contribution in [2.24, 2.45) is 5.10 Å². The van der Waals surface area contributed by atoms with Crippen LogP contribution in [0.25, 0.3) is 0 Å². The predicted octanol–water partition coefficient (Wildman–Crippen LogP) is 4.71. The monoisotopic (exact) mass is 598 g/mol. The van der Waals surface area contributed by atoms with E-state index in [1.165, 1.54) is 12.0 Å². The number of carbonyl (C=O) groups excluding carboxylic acids is 2. The van der Waals surface area contributed by atoms with Crippen LogP contribution < -0.4 is 21.0 Å². The number of likely N-dealkylation sites (N-methyl/N-ethyl adjacent to an activating group) is 1. The minimum Gasteiger partial charge on any atom is -0.395 e. The Morgan fingerprint density at radius 1 is 0.955 bits per heavy atom. The van der Waals surface area contributed by atoms with Gasteiger partial charge in [0.25, 0.3) is 11.8 Å². The number of nitrogens with zero attached hydrogens (tertiary/aromatic N) is 3. The van der Waals surface area contributed by atoms with Crippen LogP contribution >= 0.6 is 0 Å². The number of piperidine rings is 1. The maximum Gasteiger partial charge on any atom is 0.273 e. The van der Waals surface area contributed by atoms with E-state index in [0.29, 0.717) is 29.9 Å². The second kappa shape index (κ2) is 16.7. The molecule has 9 heteroatoms. The molecule has 0 aliphatic carbocycles. The summed E-state index contributed by atoms with van der Waals surface area (Å²) >= 11 is 0. The second-order valence-corrected chi connectivity index (χ2v) is 11.3. The number of amides is 2. The van der Waals surface area contributed by atoms with Crippen molar-refractivity contribution in [3.05, 3.63) is 94.0 Å². The number of carbonyl (C=O) groups is 2. The zero-order valence-electron chi connectivity index (χ0n) is 26.2. The average Bonchev–Trinajstić information content (AvgIpc) is 3.04. The summed E-state index contributed by atoms with van der Waals surface area (Å²) in [6.45, 7) is 12.0. The molecule has 1 heterocycles. The number of hydrogen-bond donors (Lipinski definition) is 4. The smallest absolute Gasteiger partial charge is 0.273 e. The molecule has 0 aromatic heterocycles. The zero-order valence-corrected chi connectivity index (χ0v) is 26.2. The van der Waals surface area contributed by atoms with Crippen molar-refractivity contribution in [2.75, 3.05) is 56.1 Å². The lowest BCUT2D eigenvalue weighted by atomic mass is 10.1. The van der Waals surface area contributed by atoms with Gasteiger partial charge in [-0.05, 0) is 92.2 Å². The Hall–Kier alpha value is -4.05. The highest BCUT2D eigenvalue weighted by Crippen LogP contribution is 2.26. The van der Waals surface area contributed by atoms with Gasteiger partial charge < -0.3 is 25.5 Å². The molecule has 0 atom stereocenters. The Balaban J connectivity index is 1.46. The lowest BCUT2D eigenvalue weighted by molar-refractivity contribution is 0.0956. The summed E-state index contributed by atoms with van der Waals surface area (Å²) in [5, 5.41) is 19.8. The van der Waals surface area contributed by atoms with E-state index in [-0.39, 0.29) is 18.4 Å². The summed E-state index contributed by atoms with van der Waals surface area (Å²) in [7, 11) is 0. The van der Waals surface area contributed by atoms with Gasteiger partial charge in [-0.1, -0.05) is 37.3 Å². The van der Waals surface area contributed by atoms with E-state index in [9.17, 15) is 14.7 Å². The Morgan fingerprint density at radius 2 is 1.77 bits per heavy atom. The highest BCUT2D eigenvalue weighted by Gasteiger charge is 2.19. The van der Waals surface area contributed by atoms with Crippen molar-refractivity contribution < 1.29 is 14.7 Å². The Labute approximate surface area is 261 Å². The van der Waals surface area contributed by atoms with Gasteiger partial charge in [-0.3, -0.25) is 9.59 Å². The number of aliphatic hydroxyl groups is 1. The molecule has 1 aliphatic rings. The molecule has 0 unspecified atom stereocenters. The molecule has 0 spiro atoms. The summed E-state index contributed by atoms with van der Waals surface area (Å²) in [6, 6.07) is 19.1. The van der Waals surface area contributed by atoms with Crippen molar-refractivity contribution in [3.63, 3.8) is 0 Å². The normalized spacial score (nSPS) is 13.4. The number of aliphatic hydroxyl groups excluding tert-OH is 1. The lowest BCUT2D eigenvalue weighted by Gasteiger charge is -2.29. The first-order valence-electron chi connectivity index (χ1n) is 15.6. The Kier molecular flexibility index (Phi) is 12.5. The first kappa shape index (κ1) is 32.9. The van der Waals surface area contributed by atoms with Crippen molar-refractivity contribution in [2.45, 2.75) is 46.6 Å². The molecule has 0 saturated carbocycles. The van der Waals surface area contributed by atoms with Crippen LogP contribution in [0.4, 0.5) is 11.4 Å². The Bertz CT molecular complexity index is 1430. The summed E-state index contributed by atoms with van der Waals surface area (Å²) in [5.74, 6) is -0.676. The van der Waals surface area contributed by atoms with Gasteiger partial charge >= 0.3 is 0 Å². The summed E-state index contributed by atoms with van der Waals surface area (Å²) in [6.07, 6.45) is 5.07. The first-order valence-corrected chi connectivity index (χ1v) is 15.6. The van der Waals surface area contributed by atoms with E-state index in [4.69, 9.17) is 0 Å². The third-order valence-electron chi connectivity index (χ3n) is 8.11. The number of rotatable bonds is 14. The largest absolute Gasteiger partial charge is 0.395 e. The van der Waals surface area contributed by atoms with Crippen LogP contribution in [-0.2, 0) is 6.54 Å². The van der Waals surface area contributed by atoms with Crippen LogP contribution in [0.3, 0.4) is 0 Å². The molecule has 44 heavy (non-hydrogen) atoms. The second-order valence-electron chi connectivity index (χ2n) is 11.3. The number of hydrazone groups is 1. The first-order chi connectivity index (χ1) is 21.4. The van der Waals surface area contributed by atoms with Crippen LogP contribution in [0.5, 0.6) is 0 Å². The van der Waals surface area contributed by atoms with Gasteiger partial charge in [0.05, 0.1) is 24.1 Å². The SMILES string of the molecule is CCN(CCO)CCNCc1cccc(C(=O)Nc2ccc(N3CCCCC3)cc2C(=O)N/N=C/c2ccc(C)c(C)c2)c1. The van der Waals surface area contributed by atoms with Crippen molar-refractivity contribution in [3.8, 4) is 0 Å². The molecule has 1 fully saturated rings. The molecule has 9 nitrogen and oxygen atoms in total. The van der Waals surface area contributed by atoms with Gasteiger partial charge in [-0.2, -0.15) is 5.10 Å². The number of nitrogens with one attached hydrogen (secondary N) is 3. The van der Waals surface area contributed by atoms with Crippen LogP contribution in [0.1, 0.15) is 69.2 Å². The molecule has 3 aromatic carbocycles. The topological polar surface area (TPSA) is 109 Å². The molecule has 4 rings (SSSR count). The number of aryl methyl sites for hydroxylation is 2. The van der Waals surface area contributed by atoms with Crippen LogP contribution in [0.2, 0.25) is 0 Å². The fraction of sp³-hybridized carbons (Fsp3) is 0.400. The van der Waals surface area contributed by atoms with Gasteiger partial charge in [0, 0.05) is 50.5 Å². The van der Waals surface area contributed by atoms with E-state index in [1.54, 1.807) is 18.3 Å². The molecule has 1 saturated heterocycles. The van der Waals surface area contributed by atoms with E-state index < -0.39 is 0 Å². The molecule has 3 aromatic rings. The molecular formula is C35H46N6O3. The third-order valence-corrected chi connectivity index (χ3v) is 8.11. The third kappa shape index (κ3) is 9.47. The van der Waals surface area contributed by atoms with E-state index in [0.717, 1.165) is 67.9 Å². The molecular weight excluding hydrogens is 552 g/mol. The minimum absolute atomic E-state index is 0.149. The minimum atomic E-state index is -0.389. The fourth-order valence-corrected chi connectivity index (χ4v) is 5.30. The molecule has 0 bridgehead atoms. The highest BCUT2D eigenvalue weighted by atomic mass is 16.3. The van der Waals surface area contributed by atoms with E-state index >= 15 is 0 Å². The number of benzene rings is 3. The number of anilines is 2. The van der Waals surface area contributed by atoms with Gasteiger partial charge in [-0.25, -0.2) is 5.43 Å². The van der Waals surface area contributed by atoms with Gasteiger partial charge in [0.15, 0.2) is 0 Å². The standard InChI is InChI=1S/C35H46N6O3/c1-4-40(19-20-42)18-15-36-24-28-9-8-10-30(22-28)34(43)38-33-14-13-31(41-16-6-5-7-17-41)23-32(33)35(44)39-37-25-29-12-11-26(2)27(3)21-29/h8-14,21-23,25,36,42H,4-7,15-20,24H2,1-3H3,(H,38,43)(H,39,44)/b37-25+. The molecule has 4 N–H and O–H groups in total. The molecule has 234 valence electrons. The van der Waals surface area contributed by atoms with Crippen LogP contribution in [0, 0.1) is 13.8 Å². The van der Waals surface area contributed by atoms with Crippen molar-refractivity contribution in [1.29, 1.82) is 0 Å². The van der Waals surface area contributed by atoms with Gasteiger partial charge in [-0.15, -0.1) is 0 Å². The lowest BCUT2D eigenvalue weighted by Crippen LogP contribution is -2.33. The fourth-order valence-electron chi connectivity index (χ4n) is 5.30. The summed E-state index contributed by atoms with van der Waals surface area (Å²) in [5.41, 5.74) is 9.15. The number of hydrogen-bond acceptors (Lipinski definition) is 7. The summed E-state index contributed by atoms with van der Waals surface area (Å²) in [4.78, 5) is 31.3. The highest BCUT2D eigenvalue weighted by molar-refractivity contribution is 6.09. The average molecular weight is 599 g/mol. The maximum absolute atomic E-state index is 13.4. The predicted molar refractivity (Wildman–Crippen MR) is 179 cm³/mol. The van der Waals surface area contributed by atoms with Gasteiger partial charge in [0.2, 0.25) is 0 Å². The van der Waals surface area contributed by atoms with Gasteiger partial charge in [0.1, 0.15) is 0 Å². The van der Waals surface area contributed by atoms with Crippen LogP contribution in [0.15, 0.2) is 65.8 Å². The molecule has 0 radical (unpaired) electrons. The van der Waals surface area contributed by atoms with Crippen molar-refractivity contribution in [1.82, 2.24) is 15.6 Å². The van der Waals surface area contributed by atoms with Crippen LogP contribution in [-0.4, -0.2) is 73.9 Å². The zero-order chi connectivity index (χ0) is 31.3. The molecule has 2 amide bonds. The Morgan fingerprint density at radius 3 is 2.52 bits per heavy atom. The summed E-state index contributed by atoms with van der Waals surface area (Å²) < 4.78 is 0. The van der Waals surface area contributed by atoms with E-state index in [1.807, 2.05) is 55.5 Å².